The Kier molecular flexibility index (Phi) is 7.95. The van der Waals surface area contributed by atoms with E-state index >= 15 is 0 Å². The highest BCUT2D eigenvalue weighted by Crippen LogP contribution is 2.35. The number of anilines is 1. The lowest BCUT2D eigenvalue weighted by atomic mass is 10.1. The molecule has 0 fully saturated rings. The molecule has 2 amide bonds. The molecule has 35 heavy (non-hydrogen) atoms. The molecule has 1 heterocycles. The molecule has 7 nitrogen and oxygen atoms in total. The second-order valence-corrected chi connectivity index (χ2v) is 7.62. The number of aromatic nitrogens is 1. The molecule has 0 aliphatic rings. The monoisotopic (exact) mass is 487 g/mol. The molecule has 0 radical (unpaired) electrons. The van der Waals surface area contributed by atoms with Crippen LogP contribution < -0.4 is 20.1 Å². The van der Waals surface area contributed by atoms with Crippen LogP contribution in [-0.4, -0.2) is 31.0 Å². The van der Waals surface area contributed by atoms with Crippen molar-refractivity contribution in [3.05, 3.63) is 77.1 Å². The fraction of sp³-hybridized carbons (Fsp3) is 0.240. The van der Waals surface area contributed by atoms with Crippen LogP contribution in [0.25, 0.3) is 0 Å². The Labute approximate surface area is 200 Å². The molecule has 0 saturated carbocycles. The molecule has 3 rings (SSSR count). The summed E-state index contributed by atoms with van der Waals surface area (Å²) < 4.78 is 49.9. The minimum atomic E-state index is -4.53. The van der Waals surface area contributed by atoms with Crippen LogP contribution >= 0.6 is 0 Å². The van der Waals surface area contributed by atoms with Crippen molar-refractivity contribution in [3.63, 3.8) is 0 Å². The average Bonchev–Trinajstić information content (AvgIpc) is 2.83. The third kappa shape index (κ3) is 6.72. The van der Waals surface area contributed by atoms with Crippen LogP contribution in [0.15, 0.2) is 54.7 Å². The molecule has 0 bridgehead atoms. The Bertz CT molecular complexity index is 1230. The number of hydrogen-bond acceptors (Lipinski definition) is 5. The largest absolute Gasteiger partial charge is 0.495 e. The van der Waals surface area contributed by atoms with Gasteiger partial charge in [-0.05, 0) is 54.8 Å². The van der Waals surface area contributed by atoms with E-state index in [1.54, 1.807) is 18.2 Å². The minimum absolute atomic E-state index is 0.0410. The summed E-state index contributed by atoms with van der Waals surface area (Å²) in [6.45, 7) is 1.84. The number of rotatable bonds is 8. The van der Waals surface area contributed by atoms with E-state index in [0.29, 0.717) is 17.9 Å². The van der Waals surface area contributed by atoms with E-state index in [1.807, 2.05) is 13.0 Å². The number of benzene rings is 2. The Morgan fingerprint density at radius 2 is 1.77 bits per heavy atom. The van der Waals surface area contributed by atoms with Gasteiger partial charge in [-0.25, -0.2) is 0 Å². The first-order valence-electron chi connectivity index (χ1n) is 10.6. The highest BCUT2D eigenvalue weighted by molar-refractivity contribution is 5.93. The standard InChI is InChI=1S/C25H24F3N3O4/c1-15-12-16(4-7-21(15)35-18-10-11-30-20(14-18)24(33)29-2)5-9-23(32)31-19-13-17(25(26,27)28)6-8-22(19)34-3/h4,6-8,10-14H,5,9H2,1-3H3,(H,29,33)(H,31,32). The van der Waals surface area contributed by atoms with E-state index in [9.17, 15) is 22.8 Å². The van der Waals surface area contributed by atoms with Gasteiger partial charge < -0.3 is 20.1 Å². The fourth-order valence-electron chi connectivity index (χ4n) is 3.29. The van der Waals surface area contributed by atoms with Gasteiger partial charge in [-0.15, -0.1) is 0 Å². The van der Waals surface area contributed by atoms with E-state index in [2.05, 4.69) is 15.6 Å². The number of hydrogen-bond donors (Lipinski definition) is 2. The second-order valence-electron chi connectivity index (χ2n) is 7.62. The van der Waals surface area contributed by atoms with Gasteiger partial charge in [0, 0.05) is 25.7 Å². The third-order valence-corrected chi connectivity index (χ3v) is 5.10. The highest BCUT2D eigenvalue weighted by atomic mass is 19.4. The van der Waals surface area contributed by atoms with Crippen molar-refractivity contribution >= 4 is 17.5 Å². The molecule has 2 aromatic carbocycles. The maximum atomic E-state index is 13.0. The summed E-state index contributed by atoms with van der Waals surface area (Å²) in [6, 6.07) is 11.5. The first-order valence-corrected chi connectivity index (χ1v) is 10.6. The van der Waals surface area contributed by atoms with E-state index in [-0.39, 0.29) is 29.5 Å². The van der Waals surface area contributed by atoms with Crippen LogP contribution in [-0.2, 0) is 17.4 Å². The summed E-state index contributed by atoms with van der Waals surface area (Å²) in [7, 11) is 2.83. The molecule has 0 unspecified atom stereocenters. The molecule has 0 spiro atoms. The molecule has 1 aromatic heterocycles. The quantitative estimate of drug-likeness (QED) is 0.459. The van der Waals surface area contributed by atoms with Gasteiger partial charge in [0.05, 0.1) is 18.4 Å². The van der Waals surface area contributed by atoms with E-state index in [4.69, 9.17) is 9.47 Å². The van der Waals surface area contributed by atoms with Crippen LogP contribution in [0.1, 0.15) is 33.6 Å². The molecule has 2 N–H and O–H groups in total. The van der Waals surface area contributed by atoms with Crippen molar-refractivity contribution in [2.45, 2.75) is 25.9 Å². The van der Waals surface area contributed by atoms with Crippen molar-refractivity contribution in [3.8, 4) is 17.2 Å². The SMILES string of the molecule is CNC(=O)c1cc(Oc2ccc(CCC(=O)Nc3cc(C(F)(F)F)ccc3OC)cc2C)ccn1. The molecule has 3 aromatic rings. The normalized spacial score (nSPS) is 11.0. The number of ether oxygens (including phenoxy) is 2. The Morgan fingerprint density at radius 1 is 1.03 bits per heavy atom. The number of alkyl halides is 3. The van der Waals surface area contributed by atoms with Gasteiger partial charge in [0.2, 0.25) is 5.91 Å². The summed E-state index contributed by atoms with van der Waals surface area (Å²) in [5.74, 6) is 0.381. The van der Waals surface area contributed by atoms with E-state index < -0.39 is 17.6 Å². The van der Waals surface area contributed by atoms with Gasteiger partial charge in [-0.3, -0.25) is 14.6 Å². The maximum Gasteiger partial charge on any atom is 0.416 e. The number of nitrogens with one attached hydrogen (secondary N) is 2. The lowest BCUT2D eigenvalue weighted by molar-refractivity contribution is -0.137. The molecule has 10 heteroatoms. The average molecular weight is 487 g/mol. The number of methoxy groups -OCH3 is 1. The predicted molar refractivity (Wildman–Crippen MR) is 124 cm³/mol. The number of carbonyl (C=O) groups excluding carboxylic acids is 2. The minimum Gasteiger partial charge on any atom is -0.495 e. The first kappa shape index (κ1) is 25.5. The van der Waals surface area contributed by atoms with Crippen molar-refractivity contribution in [1.29, 1.82) is 0 Å². The number of pyridine rings is 1. The van der Waals surface area contributed by atoms with Crippen LogP contribution in [0, 0.1) is 6.92 Å². The van der Waals surface area contributed by atoms with Gasteiger partial charge in [0.15, 0.2) is 0 Å². The highest BCUT2D eigenvalue weighted by Gasteiger charge is 2.31. The van der Waals surface area contributed by atoms with Crippen molar-refractivity contribution in [1.82, 2.24) is 10.3 Å². The fourth-order valence-corrected chi connectivity index (χ4v) is 3.29. The van der Waals surface area contributed by atoms with Gasteiger partial charge >= 0.3 is 6.18 Å². The summed E-state index contributed by atoms with van der Waals surface area (Å²) in [5, 5.41) is 4.99. The Morgan fingerprint density at radius 3 is 2.43 bits per heavy atom. The zero-order valence-electron chi connectivity index (χ0n) is 19.3. The third-order valence-electron chi connectivity index (χ3n) is 5.10. The van der Waals surface area contributed by atoms with Gasteiger partial charge in [0.1, 0.15) is 22.9 Å². The van der Waals surface area contributed by atoms with Crippen molar-refractivity contribution in [2.75, 3.05) is 19.5 Å². The van der Waals surface area contributed by atoms with Crippen LogP contribution in [0.4, 0.5) is 18.9 Å². The second kappa shape index (κ2) is 10.9. The van der Waals surface area contributed by atoms with E-state index in [0.717, 1.165) is 23.3 Å². The lowest BCUT2D eigenvalue weighted by Gasteiger charge is -2.14. The van der Waals surface area contributed by atoms with Crippen LogP contribution in [0.3, 0.4) is 0 Å². The summed E-state index contributed by atoms with van der Waals surface area (Å²) in [6.07, 6.45) is -2.64. The predicted octanol–water partition coefficient (Wildman–Crippen LogP) is 5.14. The van der Waals surface area contributed by atoms with Gasteiger partial charge in [-0.2, -0.15) is 13.2 Å². The summed E-state index contributed by atoms with van der Waals surface area (Å²) in [5.41, 5.74) is 0.961. The van der Waals surface area contributed by atoms with Gasteiger partial charge in [-0.1, -0.05) is 12.1 Å². The molecule has 184 valence electrons. The van der Waals surface area contributed by atoms with Crippen molar-refractivity contribution in [2.24, 2.45) is 0 Å². The van der Waals surface area contributed by atoms with Crippen molar-refractivity contribution < 1.29 is 32.2 Å². The molecular formula is C25H24F3N3O4. The maximum absolute atomic E-state index is 13.0. The number of aryl methyl sites for hydroxylation is 2. The van der Waals surface area contributed by atoms with Crippen LogP contribution in [0.2, 0.25) is 0 Å². The molecule has 0 atom stereocenters. The van der Waals surface area contributed by atoms with E-state index in [1.165, 1.54) is 32.5 Å². The number of halogens is 3. The number of amides is 2. The molecular weight excluding hydrogens is 463 g/mol. The number of carbonyl (C=O) groups is 2. The van der Waals surface area contributed by atoms with Gasteiger partial charge in [0.25, 0.3) is 5.91 Å². The molecule has 0 aliphatic heterocycles. The zero-order valence-corrected chi connectivity index (χ0v) is 19.3. The zero-order chi connectivity index (χ0) is 25.6. The summed E-state index contributed by atoms with van der Waals surface area (Å²) >= 11 is 0. The van der Waals surface area contributed by atoms with Crippen LogP contribution in [0.5, 0.6) is 17.2 Å². The first-order chi connectivity index (χ1) is 16.6. The smallest absolute Gasteiger partial charge is 0.416 e. The topological polar surface area (TPSA) is 89.5 Å². The molecule has 0 saturated heterocycles. The Balaban J connectivity index is 1.64. The summed E-state index contributed by atoms with van der Waals surface area (Å²) in [4.78, 5) is 28.2. The Hall–Kier alpha value is -4.08. The number of nitrogens with zero attached hydrogens (tertiary/aromatic N) is 1. The lowest BCUT2D eigenvalue weighted by Crippen LogP contribution is -2.18. The molecule has 0 aliphatic carbocycles.